The number of amides is 2. The number of thiazole rings is 1. The summed E-state index contributed by atoms with van der Waals surface area (Å²) in [4.78, 5) is 28.0. The van der Waals surface area contributed by atoms with Gasteiger partial charge in [0.05, 0.1) is 0 Å². The zero-order valence-corrected chi connectivity index (χ0v) is 13.2. The number of nitrogens with zero attached hydrogens (tertiary/aromatic N) is 1. The molecule has 116 valence electrons. The Bertz CT molecular complexity index is 664. The highest BCUT2D eigenvalue weighted by Crippen LogP contribution is 2.13. The summed E-state index contributed by atoms with van der Waals surface area (Å²) in [7, 11) is 0. The normalized spacial score (nSPS) is 10.5. The van der Waals surface area contributed by atoms with Crippen molar-refractivity contribution >= 4 is 28.8 Å². The zero-order chi connectivity index (χ0) is 16.1. The standard InChI is InChI=1S/C15H18N4O2S/c1-9(2)17-14(20)10-3-5-11(6-4-10)18-15(21)12-8-22-13(7-16)19-12/h3-6,8-9H,7,16H2,1-2H3,(H,17,20)(H,18,21). The van der Waals surface area contributed by atoms with E-state index in [1.54, 1.807) is 29.6 Å². The van der Waals surface area contributed by atoms with Crippen LogP contribution in [-0.2, 0) is 6.54 Å². The number of anilines is 1. The van der Waals surface area contributed by atoms with E-state index in [2.05, 4.69) is 15.6 Å². The Morgan fingerprint density at radius 3 is 2.45 bits per heavy atom. The predicted molar refractivity (Wildman–Crippen MR) is 87.0 cm³/mol. The van der Waals surface area contributed by atoms with Crippen LogP contribution in [0.4, 0.5) is 5.69 Å². The van der Waals surface area contributed by atoms with Crippen molar-refractivity contribution in [3.8, 4) is 0 Å². The van der Waals surface area contributed by atoms with Crippen LogP contribution in [0.3, 0.4) is 0 Å². The van der Waals surface area contributed by atoms with Crippen molar-refractivity contribution in [2.75, 3.05) is 5.32 Å². The Kier molecular flexibility index (Phi) is 5.24. The van der Waals surface area contributed by atoms with Crippen LogP contribution >= 0.6 is 11.3 Å². The van der Waals surface area contributed by atoms with Gasteiger partial charge in [-0.1, -0.05) is 0 Å². The molecule has 0 saturated carbocycles. The van der Waals surface area contributed by atoms with Crippen LogP contribution in [0, 0.1) is 0 Å². The second-order valence-corrected chi connectivity index (χ2v) is 5.93. The summed E-state index contributed by atoms with van der Waals surface area (Å²) in [6.45, 7) is 4.11. The van der Waals surface area contributed by atoms with E-state index in [1.165, 1.54) is 11.3 Å². The molecule has 2 aromatic rings. The highest BCUT2D eigenvalue weighted by atomic mass is 32.1. The van der Waals surface area contributed by atoms with Crippen LogP contribution in [0.2, 0.25) is 0 Å². The first-order chi connectivity index (χ1) is 10.5. The van der Waals surface area contributed by atoms with E-state index >= 15 is 0 Å². The van der Waals surface area contributed by atoms with Crippen molar-refractivity contribution < 1.29 is 9.59 Å². The molecule has 0 fully saturated rings. The number of carbonyl (C=O) groups excluding carboxylic acids is 2. The van der Waals surface area contributed by atoms with Crippen molar-refractivity contribution in [1.82, 2.24) is 10.3 Å². The van der Waals surface area contributed by atoms with Gasteiger partial charge in [-0.05, 0) is 38.1 Å². The smallest absolute Gasteiger partial charge is 0.275 e. The van der Waals surface area contributed by atoms with Crippen molar-refractivity contribution in [3.05, 3.63) is 45.9 Å². The van der Waals surface area contributed by atoms with E-state index in [0.717, 1.165) is 0 Å². The van der Waals surface area contributed by atoms with Gasteiger partial charge in [0, 0.05) is 29.2 Å². The van der Waals surface area contributed by atoms with Gasteiger partial charge >= 0.3 is 0 Å². The maximum atomic E-state index is 12.0. The van der Waals surface area contributed by atoms with Gasteiger partial charge in [-0.25, -0.2) is 4.98 Å². The van der Waals surface area contributed by atoms with Crippen LogP contribution in [0.25, 0.3) is 0 Å². The minimum absolute atomic E-state index is 0.0771. The van der Waals surface area contributed by atoms with Gasteiger partial charge in [0.25, 0.3) is 11.8 Å². The van der Waals surface area contributed by atoms with E-state index in [4.69, 9.17) is 5.73 Å². The summed E-state index contributed by atoms with van der Waals surface area (Å²) in [5.41, 5.74) is 6.97. The third-order valence-corrected chi connectivity index (χ3v) is 3.65. The third-order valence-electron chi connectivity index (χ3n) is 2.78. The van der Waals surface area contributed by atoms with Gasteiger partial charge in [0.2, 0.25) is 0 Å². The largest absolute Gasteiger partial charge is 0.350 e. The molecule has 0 aliphatic carbocycles. The topological polar surface area (TPSA) is 97.1 Å². The average Bonchev–Trinajstić information content (AvgIpc) is 2.96. The lowest BCUT2D eigenvalue weighted by atomic mass is 10.2. The first-order valence-corrected chi connectivity index (χ1v) is 7.74. The number of nitrogens with one attached hydrogen (secondary N) is 2. The Morgan fingerprint density at radius 2 is 1.91 bits per heavy atom. The van der Waals surface area contributed by atoms with Crippen LogP contribution in [0.5, 0.6) is 0 Å². The predicted octanol–water partition coefficient (Wildman–Crippen LogP) is 1.99. The lowest BCUT2D eigenvalue weighted by Gasteiger charge is -2.09. The van der Waals surface area contributed by atoms with Crippen molar-refractivity contribution in [1.29, 1.82) is 0 Å². The third kappa shape index (κ3) is 4.12. The van der Waals surface area contributed by atoms with Gasteiger partial charge in [0.1, 0.15) is 10.7 Å². The van der Waals surface area contributed by atoms with Crippen molar-refractivity contribution in [3.63, 3.8) is 0 Å². The monoisotopic (exact) mass is 318 g/mol. The fourth-order valence-corrected chi connectivity index (χ4v) is 2.41. The number of hydrogen-bond acceptors (Lipinski definition) is 5. The van der Waals surface area contributed by atoms with E-state index in [0.29, 0.717) is 28.5 Å². The van der Waals surface area contributed by atoms with Crippen molar-refractivity contribution in [2.24, 2.45) is 5.73 Å². The lowest BCUT2D eigenvalue weighted by molar-refractivity contribution is 0.0942. The van der Waals surface area contributed by atoms with E-state index in [-0.39, 0.29) is 17.9 Å². The second-order valence-electron chi connectivity index (χ2n) is 4.99. The molecule has 7 heteroatoms. The quantitative estimate of drug-likeness (QED) is 0.785. The van der Waals surface area contributed by atoms with E-state index < -0.39 is 0 Å². The highest BCUT2D eigenvalue weighted by molar-refractivity contribution is 7.09. The van der Waals surface area contributed by atoms with Crippen LogP contribution in [0.1, 0.15) is 39.7 Å². The summed E-state index contributed by atoms with van der Waals surface area (Å²) >= 11 is 1.35. The lowest BCUT2D eigenvalue weighted by Crippen LogP contribution is -2.30. The summed E-state index contributed by atoms with van der Waals surface area (Å²) in [5, 5.41) is 7.93. The molecule has 0 radical (unpaired) electrons. The SMILES string of the molecule is CC(C)NC(=O)c1ccc(NC(=O)c2csc(CN)n2)cc1. The molecule has 1 heterocycles. The molecule has 1 aromatic carbocycles. The number of rotatable bonds is 5. The fraction of sp³-hybridized carbons (Fsp3) is 0.267. The Hall–Kier alpha value is -2.25. The molecule has 0 aliphatic heterocycles. The number of benzene rings is 1. The maximum absolute atomic E-state index is 12.0. The molecule has 0 bridgehead atoms. The summed E-state index contributed by atoms with van der Waals surface area (Å²) in [6.07, 6.45) is 0. The van der Waals surface area contributed by atoms with E-state index in [1.807, 2.05) is 13.8 Å². The zero-order valence-electron chi connectivity index (χ0n) is 12.4. The Labute approximate surface area is 132 Å². The molecule has 22 heavy (non-hydrogen) atoms. The Morgan fingerprint density at radius 1 is 1.23 bits per heavy atom. The van der Waals surface area contributed by atoms with Gasteiger partial charge in [-0.15, -0.1) is 11.3 Å². The van der Waals surface area contributed by atoms with Crippen LogP contribution in [0.15, 0.2) is 29.6 Å². The molecule has 6 nitrogen and oxygen atoms in total. The van der Waals surface area contributed by atoms with Crippen LogP contribution < -0.4 is 16.4 Å². The van der Waals surface area contributed by atoms with E-state index in [9.17, 15) is 9.59 Å². The molecule has 4 N–H and O–H groups in total. The maximum Gasteiger partial charge on any atom is 0.275 e. The van der Waals surface area contributed by atoms with Crippen LogP contribution in [-0.4, -0.2) is 22.8 Å². The molecule has 0 aliphatic rings. The average molecular weight is 318 g/mol. The molecular weight excluding hydrogens is 300 g/mol. The number of carbonyl (C=O) groups is 2. The first-order valence-electron chi connectivity index (χ1n) is 6.86. The second kappa shape index (κ2) is 7.15. The molecular formula is C15H18N4O2S. The summed E-state index contributed by atoms with van der Waals surface area (Å²) in [6, 6.07) is 6.78. The minimum atomic E-state index is -0.296. The molecule has 0 unspecified atom stereocenters. The van der Waals surface area contributed by atoms with Gasteiger partial charge in [0.15, 0.2) is 0 Å². The number of aromatic nitrogens is 1. The van der Waals surface area contributed by atoms with Gasteiger partial charge in [-0.3, -0.25) is 9.59 Å². The Balaban J connectivity index is 2.01. The van der Waals surface area contributed by atoms with Gasteiger partial charge < -0.3 is 16.4 Å². The van der Waals surface area contributed by atoms with Gasteiger partial charge in [-0.2, -0.15) is 0 Å². The fourth-order valence-electron chi connectivity index (χ4n) is 1.75. The molecule has 0 saturated heterocycles. The van der Waals surface area contributed by atoms with Crippen molar-refractivity contribution in [2.45, 2.75) is 26.4 Å². The highest BCUT2D eigenvalue weighted by Gasteiger charge is 2.11. The number of nitrogens with two attached hydrogens (primary N) is 1. The summed E-state index contributed by atoms with van der Waals surface area (Å²) < 4.78 is 0. The molecule has 0 spiro atoms. The molecule has 0 atom stereocenters. The number of hydrogen-bond donors (Lipinski definition) is 3. The molecule has 1 aromatic heterocycles. The summed E-state index contributed by atoms with van der Waals surface area (Å²) in [5.74, 6) is -0.435. The molecule has 2 amide bonds. The first kappa shape index (κ1) is 16.1. The molecule has 2 rings (SSSR count). The minimum Gasteiger partial charge on any atom is -0.350 e.